The van der Waals surface area contributed by atoms with E-state index in [0.717, 1.165) is 16.5 Å². The van der Waals surface area contributed by atoms with E-state index in [9.17, 15) is 14.9 Å². The van der Waals surface area contributed by atoms with Crippen LogP contribution in [0.3, 0.4) is 0 Å². The van der Waals surface area contributed by atoms with Crippen LogP contribution in [-0.4, -0.2) is 22.4 Å². The number of nitrogens with one attached hydrogen (secondary N) is 1. The first kappa shape index (κ1) is 11.1. The molecule has 0 saturated heterocycles. The smallest absolute Gasteiger partial charge is 0.385 e. The maximum absolute atomic E-state index is 11.2. The van der Waals surface area contributed by atoms with Crippen LogP contribution in [0.25, 0.3) is 10.9 Å². The van der Waals surface area contributed by atoms with E-state index in [1.807, 2.05) is 24.3 Å². The summed E-state index contributed by atoms with van der Waals surface area (Å²) in [5.41, 5.74) is 1.59. The molecule has 88 valence electrons. The van der Waals surface area contributed by atoms with Gasteiger partial charge in [-0.3, -0.25) is 10.1 Å². The van der Waals surface area contributed by atoms with Gasteiger partial charge in [-0.2, -0.15) is 0 Å². The summed E-state index contributed by atoms with van der Waals surface area (Å²) in [6.07, 6.45) is 0. The number of rotatable bonds is 3. The van der Waals surface area contributed by atoms with Gasteiger partial charge in [0, 0.05) is 21.4 Å². The Kier molecular flexibility index (Phi) is 2.78. The highest BCUT2D eigenvalue weighted by Crippen LogP contribution is 2.26. The normalized spacial score (nSPS) is 10.4. The average molecular weight is 234 g/mol. The molecule has 1 aromatic heterocycles. The second kappa shape index (κ2) is 4.25. The van der Waals surface area contributed by atoms with E-state index in [-0.39, 0.29) is 5.88 Å². The molecule has 6 heteroatoms. The minimum atomic E-state index is -0.885. The number of para-hydroxylation sites is 1. The molecule has 0 aliphatic heterocycles. The molecule has 2 rings (SSSR count). The third kappa shape index (κ3) is 2.25. The van der Waals surface area contributed by atoms with Crippen LogP contribution in [0, 0.1) is 17.0 Å². The fourth-order valence-electron chi connectivity index (χ4n) is 1.61. The molecule has 0 fully saturated rings. The van der Waals surface area contributed by atoms with Gasteiger partial charge in [0.25, 0.3) is 6.54 Å². The zero-order valence-corrected chi connectivity index (χ0v) is 9.10. The third-order valence-corrected chi connectivity index (χ3v) is 2.39. The van der Waals surface area contributed by atoms with Crippen LogP contribution in [0.4, 0.5) is 0 Å². The Balaban J connectivity index is 2.27. The Morgan fingerprint density at radius 3 is 2.82 bits per heavy atom. The molecule has 0 aliphatic rings. The predicted molar refractivity (Wildman–Crippen MR) is 60.5 cm³/mol. The van der Waals surface area contributed by atoms with Crippen molar-refractivity contribution in [3.63, 3.8) is 0 Å². The molecule has 0 amide bonds. The van der Waals surface area contributed by atoms with E-state index >= 15 is 0 Å². The lowest BCUT2D eigenvalue weighted by atomic mass is 10.2. The van der Waals surface area contributed by atoms with Gasteiger partial charge in [0.15, 0.2) is 0 Å². The summed E-state index contributed by atoms with van der Waals surface area (Å²) < 4.78 is 4.90. The molecule has 1 aromatic carbocycles. The monoisotopic (exact) mass is 234 g/mol. The minimum Gasteiger partial charge on any atom is -0.404 e. The van der Waals surface area contributed by atoms with Gasteiger partial charge in [-0.25, -0.2) is 4.79 Å². The summed E-state index contributed by atoms with van der Waals surface area (Å²) in [4.78, 5) is 23.5. The van der Waals surface area contributed by atoms with Gasteiger partial charge >= 0.3 is 5.97 Å². The summed E-state index contributed by atoms with van der Waals surface area (Å²) in [6.45, 7) is 0.947. The zero-order chi connectivity index (χ0) is 12.4. The van der Waals surface area contributed by atoms with Crippen molar-refractivity contribution in [1.82, 2.24) is 4.98 Å². The molecule has 0 aliphatic carbocycles. The number of aryl methyl sites for hydroxylation is 1. The van der Waals surface area contributed by atoms with Crippen LogP contribution in [0.5, 0.6) is 5.88 Å². The van der Waals surface area contributed by atoms with Crippen molar-refractivity contribution >= 4 is 16.9 Å². The number of carbonyl (C=O) groups excluding carboxylic acids is 1. The summed E-state index contributed by atoms with van der Waals surface area (Å²) in [7, 11) is 0. The van der Waals surface area contributed by atoms with Gasteiger partial charge in [-0.05, 0) is 13.0 Å². The number of aromatic amines is 1. The fraction of sp³-hybridized carbons (Fsp3) is 0.182. The summed E-state index contributed by atoms with van der Waals surface area (Å²) in [5.74, 6) is -0.622. The summed E-state index contributed by atoms with van der Waals surface area (Å²) >= 11 is 0. The first-order valence-corrected chi connectivity index (χ1v) is 4.97. The number of esters is 1. The van der Waals surface area contributed by atoms with E-state index in [4.69, 9.17) is 4.74 Å². The Hall–Kier alpha value is -2.37. The highest BCUT2D eigenvalue weighted by atomic mass is 16.6. The van der Waals surface area contributed by atoms with Crippen molar-refractivity contribution < 1.29 is 14.5 Å². The van der Waals surface area contributed by atoms with Crippen molar-refractivity contribution in [3.05, 3.63) is 39.9 Å². The van der Waals surface area contributed by atoms with E-state index < -0.39 is 17.4 Å². The van der Waals surface area contributed by atoms with Crippen molar-refractivity contribution in [1.29, 1.82) is 0 Å². The van der Waals surface area contributed by atoms with Crippen LogP contribution in [0.1, 0.15) is 5.56 Å². The third-order valence-electron chi connectivity index (χ3n) is 2.39. The van der Waals surface area contributed by atoms with Gasteiger partial charge in [0.1, 0.15) is 0 Å². The molecular formula is C11H10N2O4. The number of aromatic nitrogens is 1. The number of hydrogen-bond acceptors (Lipinski definition) is 4. The molecule has 0 saturated carbocycles. The van der Waals surface area contributed by atoms with Crippen LogP contribution in [0.15, 0.2) is 24.3 Å². The number of nitrogens with zero attached hydrogens (tertiary/aromatic N) is 1. The van der Waals surface area contributed by atoms with E-state index in [1.165, 1.54) is 0 Å². The van der Waals surface area contributed by atoms with Crippen molar-refractivity contribution in [2.24, 2.45) is 0 Å². The average Bonchev–Trinajstić information content (AvgIpc) is 2.55. The Bertz CT molecular complexity index is 588. The van der Waals surface area contributed by atoms with Crippen molar-refractivity contribution in [2.75, 3.05) is 6.54 Å². The fourth-order valence-corrected chi connectivity index (χ4v) is 1.61. The topological polar surface area (TPSA) is 85.2 Å². The van der Waals surface area contributed by atoms with Crippen LogP contribution in [-0.2, 0) is 4.79 Å². The lowest BCUT2D eigenvalue weighted by molar-refractivity contribution is -0.469. The first-order valence-electron chi connectivity index (χ1n) is 4.97. The number of ether oxygens (including phenoxy) is 1. The number of carbonyl (C=O) groups is 1. The molecule has 0 atom stereocenters. The summed E-state index contributed by atoms with van der Waals surface area (Å²) in [5, 5.41) is 11.1. The van der Waals surface area contributed by atoms with Crippen LogP contribution >= 0.6 is 0 Å². The maximum atomic E-state index is 11.2. The van der Waals surface area contributed by atoms with E-state index in [2.05, 4.69) is 4.98 Å². The van der Waals surface area contributed by atoms with Crippen molar-refractivity contribution in [3.8, 4) is 5.88 Å². The highest BCUT2D eigenvalue weighted by molar-refractivity contribution is 5.86. The molecule has 1 heterocycles. The largest absolute Gasteiger partial charge is 0.404 e. The Labute approximate surface area is 96.3 Å². The van der Waals surface area contributed by atoms with Gasteiger partial charge in [-0.15, -0.1) is 0 Å². The highest BCUT2D eigenvalue weighted by Gasteiger charge is 2.16. The van der Waals surface area contributed by atoms with Gasteiger partial charge < -0.3 is 9.72 Å². The molecule has 1 N–H and O–H groups in total. The van der Waals surface area contributed by atoms with E-state index in [1.54, 1.807) is 6.92 Å². The predicted octanol–water partition coefficient (Wildman–Crippen LogP) is 1.66. The number of benzene rings is 1. The molecule has 0 unspecified atom stereocenters. The lowest BCUT2D eigenvalue weighted by Crippen LogP contribution is -2.19. The second-order valence-electron chi connectivity index (χ2n) is 3.59. The second-order valence-corrected chi connectivity index (χ2v) is 3.59. The zero-order valence-electron chi connectivity index (χ0n) is 9.10. The Morgan fingerprint density at radius 2 is 2.18 bits per heavy atom. The molecule has 0 spiro atoms. The molecule has 0 radical (unpaired) electrons. The summed E-state index contributed by atoms with van der Waals surface area (Å²) in [6, 6.07) is 7.44. The molecular weight excluding hydrogens is 224 g/mol. The molecule has 6 nitrogen and oxygen atoms in total. The quantitative estimate of drug-likeness (QED) is 0.497. The number of hydrogen-bond donors (Lipinski definition) is 1. The lowest BCUT2D eigenvalue weighted by Gasteiger charge is -1.99. The molecule has 0 bridgehead atoms. The van der Waals surface area contributed by atoms with Gasteiger partial charge in [0.05, 0.1) is 0 Å². The van der Waals surface area contributed by atoms with Gasteiger partial charge in [0.2, 0.25) is 5.88 Å². The molecule has 17 heavy (non-hydrogen) atoms. The van der Waals surface area contributed by atoms with Crippen molar-refractivity contribution in [2.45, 2.75) is 6.92 Å². The van der Waals surface area contributed by atoms with Crippen LogP contribution < -0.4 is 4.74 Å². The number of fused-ring (bicyclic) bond motifs is 1. The SMILES string of the molecule is Cc1c(OC(=O)C[N+](=O)[O-])[nH]c2ccccc12. The first-order chi connectivity index (χ1) is 8.08. The molecule has 2 aromatic rings. The number of H-pyrrole nitrogens is 1. The van der Waals surface area contributed by atoms with Crippen LogP contribution in [0.2, 0.25) is 0 Å². The van der Waals surface area contributed by atoms with Gasteiger partial charge in [-0.1, -0.05) is 18.2 Å². The maximum Gasteiger partial charge on any atom is 0.385 e. The Morgan fingerprint density at radius 1 is 1.47 bits per heavy atom. The number of nitro groups is 1. The standard InChI is InChI=1S/C11H10N2O4/c1-7-8-4-2-3-5-9(8)12-11(7)17-10(14)6-13(15)16/h2-5,12H,6H2,1H3. The van der Waals surface area contributed by atoms with E-state index in [0.29, 0.717) is 0 Å². The minimum absolute atomic E-state index is 0.262.